The SMILES string of the molecule is O=C(c1ccco1)N1CCO[C@@H]2[C@H](Cn3ccnc3)CC[C@H]21. The number of hydrogen-bond acceptors (Lipinski definition) is 4. The zero-order chi connectivity index (χ0) is 14.9. The summed E-state index contributed by atoms with van der Waals surface area (Å²) in [5.41, 5.74) is 0. The summed E-state index contributed by atoms with van der Waals surface area (Å²) in [6.45, 7) is 2.12. The average molecular weight is 301 g/mol. The van der Waals surface area contributed by atoms with Crippen molar-refractivity contribution < 1.29 is 13.9 Å². The predicted octanol–water partition coefficient (Wildman–Crippen LogP) is 1.80. The number of imidazole rings is 1. The van der Waals surface area contributed by atoms with Gasteiger partial charge in [0.05, 0.1) is 31.3 Å². The Hall–Kier alpha value is -2.08. The number of hydrogen-bond donors (Lipinski definition) is 0. The quantitative estimate of drug-likeness (QED) is 0.867. The van der Waals surface area contributed by atoms with Crippen molar-refractivity contribution in [1.29, 1.82) is 0 Å². The first kappa shape index (κ1) is 13.6. The lowest BCUT2D eigenvalue weighted by Gasteiger charge is -2.39. The molecule has 116 valence electrons. The maximum atomic E-state index is 12.6. The number of carbonyl (C=O) groups is 1. The zero-order valence-corrected chi connectivity index (χ0v) is 12.3. The molecule has 2 aliphatic rings. The van der Waals surface area contributed by atoms with Crippen LogP contribution >= 0.6 is 0 Å². The first-order valence-corrected chi connectivity index (χ1v) is 7.75. The lowest BCUT2D eigenvalue weighted by molar-refractivity contribution is -0.0651. The molecule has 2 aromatic rings. The van der Waals surface area contributed by atoms with Crippen LogP contribution in [0.15, 0.2) is 41.5 Å². The van der Waals surface area contributed by atoms with E-state index in [2.05, 4.69) is 9.55 Å². The van der Waals surface area contributed by atoms with Crippen molar-refractivity contribution in [2.24, 2.45) is 5.92 Å². The van der Waals surface area contributed by atoms with Gasteiger partial charge in [-0.15, -0.1) is 0 Å². The second-order valence-electron chi connectivity index (χ2n) is 5.98. The Balaban J connectivity index is 1.50. The predicted molar refractivity (Wildman–Crippen MR) is 78.2 cm³/mol. The highest BCUT2D eigenvalue weighted by atomic mass is 16.5. The highest BCUT2D eigenvalue weighted by Gasteiger charge is 2.44. The molecular formula is C16H19N3O3. The van der Waals surface area contributed by atoms with Gasteiger partial charge in [0, 0.05) is 31.4 Å². The molecule has 1 saturated carbocycles. The van der Waals surface area contributed by atoms with Crippen molar-refractivity contribution in [3.63, 3.8) is 0 Å². The van der Waals surface area contributed by atoms with Crippen LogP contribution in [-0.2, 0) is 11.3 Å². The molecule has 0 bridgehead atoms. The van der Waals surface area contributed by atoms with Crippen LogP contribution in [-0.4, -0.2) is 45.7 Å². The number of ether oxygens (including phenoxy) is 1. The molecule has 0 N–H and O–H groups in total. The van der Waals surface area contributed by atoms with Gasteiger partial charge in [0.1, 0.15) is 0 Å². The second kappa shape index (κ2) is 5.61. The molecule has 4 rings (SSSR count). The minimum absolute atomic E-state index is 0.0217. The molecule has 0 radical (unpaired) electrons. The van der Waals surface area contributed by atoms with Crippen LogP contribution in [0.1, 0.15) is 23.4 Å². The molecule has 2 fully saturated rings. The minimum Gasteiger partial charge on any atom is -0.459 e. The third-order valence-electron chi connectivity index (χ3n) is 4.72. The third kappa shape index (κ3) is 2.33. The number of nitrogens with zero attached hydrogens (tertiary/aromatic N) is 3. The van der Waals surface area contributed by atoms with Crippen LogP contribution in [0.2, 0.25) is 0 Å². The fraction of sp³-hybridized carbons (Fsp3) is 0.500. The molecule has 3 heterocycles. The lowest BCUT2D eigenvalue weighted by Crippen LogP contribution is -2.52. The minimum atomic E-state index is -0.0217. The second-order valence-corrected chi connectivity index (χ2v) is 5.98. The van der Waals surface area contributed by atoms with Gasteiger partial charge < -0.3 is 18.6 Å². The Kier molecular flexibility index (Phi) is 3.46. The van der Waals surface area contributed by atoms with E-state index in [9.17, 15) is 4.79 Å². The summed E-state index contributed by atoms with van der Waals surface area (Å²) in [7, 11) is 0. The van der Waals surface area contributed by atoms with E-state index in [1.807, 2.05) is 17.4 Å². The van der Waals surface area contributed by atoms with Crippen LogP contribution in [0.3, 0.4) is 0 Å². The summed E-state index contributed by atoms with van der Waals surface area (Å²) in [4.78, 5) is 18.6. The highest BCUT2D eigenvalue weighted by Crippen LogP contribution is 2.36. The van der Waals surface area contributed by atoms with E-state index in [1.54, 1.807) is 24.6 Å². The molecule has 1 amide bonds. The van der Waals surface area contributed by atoms with Gasteiger partial charge in [0.2, 0.25) is 0 Å². The van der Waals surface area contributed by atoms with Gasteiger partial charge in [-0.3, -0.25) is 4.79 Å². The molecular weight excluding hydrogens is 282 g/mol. The van der Waals surface area contributed by atoms with Crippen LogP contribution in [0.5, 0.6) is 0 Å². The van der Waals surface area contributed by atoms with E-state index < -0.39 is 0 Å². The standard InChI is InChI=1S/C16H19N3O3/c20-16(14-2-1-8-21-14)19-7-9-22-15-12(3-4-13(15)19)10-18-6-5-17-11-18/h1-2,5-6,8,11-13,15H,3-4,7,9-10H2/t12-,13+,15+/m0/s1. The molecule has 1 aliphatic heterocycles. The van der Waals surface area contributed by atoms with Crippen LogP contribution in [0.4, 0.5) is 0 Å². The number of fused-ring (bicyclic) bond motifs is 1. The monoisotopic (exact) mass is 301 g/mol. The van der Waals surface area contributed by atoms with Crippen LogP contribution in [0, 0.1) is 5.92 Å². The Bertz CT molecular complexity index is 623. The maximum Gasteiger partial charge on any atom is 0.289 e. The molecule has 6 heteroatoms. The van der Waals surface area contributed by atoms with Gasteiger partial charge in [-0.05, 0) is 25.0 Å². The van der Waals surface area contributed by atoms with Gasteiger partial charge in [0.25, 0.3) is 5.91 Å². The van der Waals surface area contributed by atoms with Gasteiger partial charge >= 0.3 is 0 Å². The molecule has 0 spiro atoms. The van der Waals surface area contributed by atoms with E-state index in [0.29, 0.717) is 24.8 Å². The summed E-state index contributed by atoms with van der Waals surface area (Å²) >= 11 is 0. The maximum absolute atomic E-state index is 12.6. The summed E-state index contributed by atoms with van der Waals surface area (Å²) in [6.07, 6.45) is 9.30. The number of amides is 1. The molecule has 1 aliphatic carbocycles. The van der Waals surface area contributed by atoms with E-state index >= 15 is 0 Å². The number of rotatable bonds is 3. The Morgan fingerprint density at radius 2 is 2.36 bits per heavy atom. The number of furan rings is 1. The summed E-state index contributed by atoms with van der Waals surface area (Å²) in [5, 5.41) is 0. The first-order chi connectivity index (χ1) is 10.8. The molecule has 6 nitrogen and oxygen atoms in total. The van der Waals surface area contributed by atoms with E-state index in [4.69, 9.17) is 9.15 Å². The number of carbonyl (C=O) groups excluding carboxylic acids is 1. The highest BCUT2D eigenvalue weighted by molar-refractivity contribution is 5.91. The van der Waals surface area contributed by atoms with E-state index in [1.165, 1.54) is 0 Å². The van der Waals surface area contributed by atoms with Crippen LogP contribution in [0.25, 0.3) is 0 Å². The lowest BCUT2D eigenvalue weighted by atomic mass is 10.0. The van der Waals surface area contributed by atoms with Gasteiger partial charge in [-0.2, -0.15) is 0 Å². The Morgan fingerprint density at radius 1 is 1.41 bits per heavy atom. The van der Waals surface area contributed by atoms with Gasteiger partial charge in [-0.1, -0.05) is 0 Å². The van der Waals surface area contributed by atoms with E-state index in [-0.39, 0.29) is 18.1 Å². The summed E-state index contributed by atoms with van der Waals surface area (Å²) in [6, 6.07) is 3.63. The number of aromatic nitrogens is 2. The summed E-state index contributed by atoms with van der Waals surface area (Å²) in [5.74, 6) is 0.816. The summed E-state index contributed by atoms with van der Waals surface area (Å²) < 4.78 is 13.4. The van der Waals surface area contributed by atoms with Crippen molar-refractivity contribution in [3.8, 4) is 0 Å². The fourth-order valence-corrected chi connectivity index (χ4v) is 3.72. The molecule has 1 saturated heterocycles. The van der Waals surface area contributed by atoms with Crippen molar-refractivity contribution in [2.45, 2.75) is 31.5 Å². The molecule has 0 aromatic carbocycles. The molecule has 2 aromatic heterocycles. The van der Waals surface area contributed by atoms with Gasteiger partial charge in [0.15, 0.2) is 5.76 Å². The van der Waals surface area contributed by atoms with Crippen molar-refractivity contribution >= 4 is 5.91 Å². The topological polar surface area (TPSA) is 60.5 Å². The molecule has 3 atom stereocenters. The number of morpholine rings is 1. The molecule has 22 heavy (non-hydrogen) atoms. The Labute approximate surface area is 128 Å². The van der Waals surface area contributed by atoms with Crippen molar-refractivity contribution in [3.05, 3.63) is 42.9 Å². The van der Waals surface area contributed by atoms with Crippen molar-refractivity contribution in [1.82, 2.24) is 14.5 Å². The smallest absolute Gasteiger partial charge is 0.289 e. The van der Waals surface area contributed by atoms with Gasteiger partial charge in [-0.25, -0.2) is 4.98 Å². The van der Waals surface area contributed by atoms with E-state index in [0.717, 1.165) is 19.4 Å². The zero-order valence-electron chi connectivity index (χ0n) is 12.3. The van der Waals surface area contributed by atoms with Crippen LogP contribution < -0.4 is 0 Å². The largest absolute Gasteiger partial charge is 0.459 e. The third-order valence-corrected chi connectivity index (χ3v) is 4.72. The average Bonchev–Trinajstić information content (AvgIpc) is 3.29. The normalized spacial score (nSPS) is 27.8. The Morgan fingerprint density at radius 3 is 3.14 bits per heavy atom. The molecule has 0 unspecified atom stereocenters. The fourth-order valence-electron chi connectivity index (χ4n) is 3.72. The van der Waals surface area contributed by atoms with Crippen molar-refractivity contribution in [2.75, 3.05) is 13.2 Å². The first-order valence-electron chi connectivity index (χ1n) is 7.75.